The SMILES string of the molecule is N#Cc1cccc(OCc2csc([N+](=O)[O-])c2)c1. The molecule has 0 saturated heterocycles. The molecule has 18 heavy (non-hydrogen) atoms. The lowest BCUT2D eigenvalue weighted by Gasteiger charge is -2.04. The number of hydrogen-bond acceptors (Lipinski definition) is 5. The highest BCUT2D eigenvalue weighted by atomic mass is 32.1. The zero-order valence-corrected chi connectivity index (χ0v) is 10.0. The predicted octanol–water partition coefficient (Wildman–Crippen LogP) is 3.11. The zero-order chi connectivity index (χ0) is 13.0. The molecule has 0 bridgehead atoms. The molecular weight excluding hydrogens is 252 g/mol. The maximum atomic E-state index is 10.5. The van der Waals surface area contributed by atoms with Crippen molar-refractivity contribution in [1.29, 1.82) is 5.26 Å². The van der Waals surface area contributed by atoms with Gasteiger partial charge >= 0.3 is 5.00 Å². The van der Waals surface area contributed by atoms with Crippen LogP contribution >= 0.6 is 11.3 Å². The van der Waals surface area contributed by atoms with Crippen LogP contribution in [0.1, 0.15) is 11.1 Å². The van der Waals surface area contributed by atoms with Gasteiger partial charge in [0.25, 0.3) is 0 Å². The maximum Gasteiger partial charge on any atom is 0.324 e. The van der Waals surface area contributed by atoms with Crippen LogP contribution in [0.15, 0.2) is 35.7 Å². The smallest absolute Gasteiger partial charge is 0.324 e. The number of rotatable bonds is 4. The van der Waals surface area contributed by atoms with E-state index in [9.17, 15) is 10.1 Å². The summed E-state index contributed by atoms with van der Waals surface area (Å²) in [6.07, 6.45) is 0. The molecule has 0 atom stereocenters. The molecule has 0 amide bonds. The summed E-state index contributed by atoms with van der Waals surface area (Å²) in [5.41, 5.74) is 1.26. The van der Waals surface area contributed by atoms with E-state index in [1.165, 1.54) is 6.07 Å². The number of thiophene rings is 1. The first-order chi connectivity index (χ1) is 8.69. The monoisotopic (exact) mass is 260 g/mol. The van der Waals surface area contributed by atoms with Gasteiger partial charge in [0.05, 0.1) is 16.6 Å². The van der Waals surface area contributed by atoms with Gasteiger partial charge in [-0.2, -0.15) is 5.26 Å². The van der Waals surface area contributed by atoms with Crippen molar-refractivity contribution < 1.29 is 9.66 Å². The third-order valence-electron chi connectivity index (χ3n) is 2.19. The van der Waals surface area contributed by atoms with E-state index in [4.69, 9.17) is 10.00 Å². The van der Waals surface area contributed by atoms with Crippen molar-refractivity contribution in [3.63, 3.8) is 0 Å². The van der Waals surface area contributed by atoms with Crippen LogP contribution in [-0.2, 0) is 6.61 Å². The van der Waals surface area contributed by atoms with Gasteiger partial charge < -0.3 is 4.74 Å². The molecule has 5 nitrogen and oxygen atoms in total. The van der Waals surface area contributed by atoms with Crippen molar-refractivity contribution in [2.45, 2.75) is 6.61 Å². The summed E-state index contributed by atoms with van der Waals surface area (Å²) in [5, 5.41) is 21.0. The van der Waals surface area contributed by atoms with Gasteiger partial charge in [-0.3, -0.25) is 10.1 Å². The van der Waals surface area contributed by atoms with Crippen LogP contribution in [0.25, 0.3) is 0 Å². The van der Waals surface area contributed by atoms with Gasteiger partial charge in [-0.1, -0.05) is 17.4 Å². The summed E-state index contributed by atoms with van der Waals surface area (Å²) in [5.74, 6) is 0.572. The second kappa shape index (κ2) is 5.29. The van der Waals surface area contributed by atoms with Gasteiger partial charge in [0, 0.05) is 17.0 Å². The Morgan fingerprint density at radius 3 is 2.94 bits per heavy atom. The first-order valence-electron chi connectivity index (χ1n) is 5.04. The van der Waals surface area contributed by atoms with Crippen molar-refractivity contribution in [3.8, 4) is 11.8 Å². The molecule has 1 aromatic heterocycles. The lowest BCUT2D eigenvalue weighted by Crippen LogP contribution is -1.94. The summed E-state index contributed by atoms with van der Waals surface area (Å²) in [6.45, 7) is 0.249. The number of benzene rings is 1. The van der Waals surface area contributed by atoms with Gasteiger partial charge in [0.15, 0.2) is 0 Å². The van der Waals surface area contributed by atoms with E-state index in [0.29, 0.717) is 11.3 Å². The van der Waals surface area contributed by atoms with Crippen LogP contribution in [0.5, 0.6) is 5.75 Å². The van der Waals surface area contributed by atoms with E-state index < -0.39 is 4.92 Å². The molecule has 2 rings (SSSR count). The van der Waals surface area contributed by atoms with Crippen LogP contribution in [-0.4, -0.2) is 4.92 Å². The van der Waals surface area contributed by atoms with Crippen molar-refractivity contribution in [1.82, 2.24) is 0 Å². The fourth-order valence-corrected chi connectivity index (χ4v) is 2.07. The van der Waals surface area contributed by atoms with Crippen LogP contribution < -0.4 is 4.74 Å². The molecular formula is C12H8N2O3S. The molecule has 1 heterocycles. The minimum atomic E-state index is -0.426. The van der Waals surface area contributed by atoms with E-state index >= 15 is 0 Å². The molecule has 0 aliphatic rings. The average molecular weight is 260 g/mol. The molecule has 0 fully saturated rings. The standard InChI is InChI=1S/C12H8N2O3S/c13-6-9-2-1-3-11(4-9)17-7-10-5-12(14(15)16)18-8-10/h1-5,8H,7H2. The number of ether oxygens (including phenoxy) is 1. The Balaban J connectivity index is 2.02. The third kappa shape index (κ3) is 2.84. The van der Waals surface area contributed by atoms with Crippen molar-refractivity contribution >= 4 is 16.3 Å². The second-order valence-electron chi connectivity index (χ2n) is 3.48. The van der Waals surface area contributed by atoms with E-state index in [0.717, 1.165) is 16.9 Å². The summed E-state index contributed by atoms with van der Waals surface area (Å²) >= 11 is 1.07. The Kier molecular flexibility index (Phi) is 3.55. The Morgan fingerprint density at radius 1 is 1.44 bits per heavy atom. The summed E-state index contributed by atoms with van der Waals surface area (Å²) in [6, 6.07) is 10.3. The minimum Gasteiger partial charge on any atom is -0.489 e. The number of nitro groups is 1. The number of nitrogens with zero attached hydrogens (tertiary/aromatic N) is 2. The highest BCUT2D eigenvalue weighted by Gasteiger charge is 2.09. The van der Waals surface area contributed by atoms with E-state index in [2.05, 4.69) is 0 Å². The van der Waals surface area contributed by atoms with Crippen LogP contribution in [0, 0.1) is 21.4 Å². The fraction of sp³-hybridized carbons (Fsp3) is 0.0833. The molecule has 0 unspecified atom stereocenters. The van der Waals surface area contributed by atoms with Gasteiger partial charge in [0.2, 0.25) is 0 Å². The molecule has 90 valence electrons. The van der Waals surface area contributed by atoms with Gasteiger partial charge in [0.1, 0.15) is 12.4 Å². The molecule has 0 spiro atoms. The molecule has 0 N–H and O–H groups in total. The largest absolute Gasteiger partial charge is 0.489 e. The molecule has 0 radical (unpaired) electrons. The van der Waals surface area contributed by atoms with Crippen LogP contribution in [0.4, 0.5) is 5.00 Å². The van der Waals surface area contributed by atoms with Crippen molar-refractivity contribution in [3.05, 3.63) is 57.0 Å². The molecule has 0 saturated carbocycles. The van der Waals surface area contributed by atoms with Crippen molar-refractivity contribution in [2.75, 3.05) is 0 Å². The van der Waals surface area contributed by atoms with E-state index in [1.54, 1.807) is 29.6 Å². The summed E-state index contributed by atoms with van der Waals surface area (Å²) < 4.78 is 5.46. The van der Waals surface area contributed by atoms with E-state index in [1.807, 2.05) is 6.07 Å². The van der Waals surface area contributed by atoms with Gasteiger partial charge in [-0.15, -0.1) is 0 Å². The normalized spacial score (nSPS) is 9.72. The number of hydrogen-bond donors (Lipinski definition) is 0. The van der Waals surface area contributed by atoms with Crippen molar-refractivity contribution in [2.24, 2.45) is 0 Å². The van der Waals surface area contributed by atoms with Gasteiger partial charge in [-0.25, -0.2) is 0 Å². The summed E-state index contributed by atoms with van der Waals surface area (Å²) in [7, 11) is 0. The van der Waals surface area contributed by atoms with Gasteiger partial charge in [-0.05, 0) is 18.2 Å². The third-order valence-corrected chi connectivity index (χ3v) is 3.12. The zero-order valence-electron chi connectivity index (χ0n) is 9.20. The first-order valence-corrected chi connectivity index (χ1v) is 5.92. The molecule has 1 aromatic carbocycles. The van der Waals surface area contributed by atoms with Crippen LogP contribution in [0.3, 0.4) is 0 Å². The quantitative estimate of drug-likeness (QED) is 0.625. The van der Waals surface area contributed by atoms with Crippen LogP contribution in [0.2, 0.25) is 0 Å². The maximum absolute atomic E-state index is 10.5. The second-order valence-corrected chi connectivity index (χ2v) is 4.37. The Hall–Kier alpha value is -2.39. The Bertz CT molecular complexity index is 616. The number of nitriles is 1. The van der Waals surface area contributed by atoms with E-state index in [-0.39, 0.29) is 11.6 Å². The lowest BCUT2D eigenvalue weighted by molar-refractivity contribution is -0.380. The Morgan fingerprint density at radius 2 is 2.28 bits per heavy atom. The lowest BCUT2D eigenvalue weighted by atomic mass is 10.2. The molecule has 0 aliphatic carbocycles. The fourth-order valence-electron chi connectivity index (χ4n) is 1.36. The highest BCUT2D eigenvalue weighted by molar-refractivity contribution is 7.13. The highest BCUT2D eigenvalue weighted by Crippen LogP contribution is 2.23. The Labute approximate surface area is 107 Å². The predicted molar refractivity (Wildman–Crippen MR) is 66.5 cm³/mol. The summed E-state index contributed by atoms with van der Waals surface area (Å²) in [4.78, 5) is 10.1. The molecule has 2 aromatic rings. The average Bonchev–Trinajstić information content (AvgIpc) is 2.85. The minimum absolute atomic E-state index is 0.0966. The molecule has 6 heteroatoms. The first kappa shape index (κ1) is 12.1. The topological polar surface area (TPSA) is 76.2 Å². The molecule has 0 aliphatic heterocycles.